The van der Waals surface area contributed by atoms with Crippen LogP contribution in [0.4, 0.5) is 0 Å². The zero-order chi connectivity index (χ0) is 19.6. The van der Waals surface area contributed by atoms with Crippen molar-refractivity contribution in [1.82, 2.24) is 0 Å². The molecule has 1 unspecified atom stereocenters. The van der Waals surface area contributed by atoms with Crippen molar-refractivity contribution in [1.29, 1.82) is 0 Å². The second-order valence-electron chi connectivity index (χ2n) is 6.58. The third kappa shape index (κ3) is 5.96. The minimum absolute atomic E-state index is 0.117. The van der Waals surface area contributed by atoms with Crippen molar-refractivity contribution in [3.8, 4) is 5.75 Å². The molecule has 3 aromatic rings. The third-order valence-electron chi connectivity index (χ3n) is 4.45. The van der Waals surface area contributed by atoms with E-state index in [1.165, 1.54) is 0 Å². The summed E-state index contributed by atoms with van der Waals surface area (Å²) >= 11 is 0. The summed E-state index contributed by atoms with van der Waals surface area (Å²) in [6.07, 6.45) is 0.117. The van der Waals surface area contributed by atoms with Gasteiger partial charge in [-0.2, -0.15) is 0 Å². The van der Waals surface area contributed by atoms with Crippen LogP contribution in [0.25, 0.3) is 0 Å². The Morgan fingerprint density at radius 2 is 1.46 bits per heavy atom. The number of hydrogen-bond acceptors (Lipinski definition) is 4. The summed E-state index contributed by atoms with van der Waals surface area (Å²) in [5.41, 5.74) is 2.87. The Labute approximate surface area is 165 Å². The Bertz CT molecular complexity index is 862. The molecule has 0 fully saturated rings. The minimum Gasteiger partial charge on any atom is -0.489 e. The highest BCUT2D eigenvalue weighted by atomic mass is 16.5. The lowest BCUT2D eigenvalue weighted by Crippen LogP contribution is -2.13. The lowest BCUT2D eigenvalue weighted by molar-refractivity contribution is -0.145. The number of rotatable bonds is 9. The summed E-state index contributed by atoms with van der Waals surface area (Å²) in [4.78, 5) is 12.2. The maximum atomic E-state index is 12.2. The predicted molar refractivity (Wildman–Crippen MR) is 108 cm³/mol. The molecule has 0 saturated heterocycles. The Balaban J connectivity index is 1.56. The summed E-state index contributed by atoms with van der Waals surface area (Å²) < 4.78 is 11.2. The second kappa shape index (κ2) is 10.3. The zero-order valence-corrected chi connectivity index (χ0v) is 15.7. The van der Waals surface area contributed by atoms with Gasteiger partial charge in [-0.1, -0.05) is 72.8 Å². The first kappa shape index (κ1) is 19.6. The van der Waals surface area contributed by atoms with Crippen LogP contribution in [0.3, 0.4) is 0 Å². The SMILES string of the molecule is O=C(CC(CO)c1cccc(OCc2ccccc2)c1)OCc1ccccc1. The zero-order valence-electron chi connectivity index (χ0n) is 15.7. The number of hydrogen-bond donors (Lipinski definition) is 1. The van der Waals surface area contributed by atoms with Crippen LogP contribution >= 0.6 is 0 Å². The first-order valence-corrected chi connectivity index (χ1v) is 9.31. The van der Waals surface area contributed by atoms with Gasteiger partial charge in [0.2, 0.25) is 0 Å². The van der Waals surface area contributed by atoms with E-state index in [1.807, 2.05) is 84.9 Å². The van der Waals surface area contributed by atoms with Gasteiger partial charge in [-0.3, -0.25) is 4.79 Å². The highest BCUT2D eigenvalue weighted by molar-refractivity contribution is 5.70. The average molecular weight is 376 g/mol. The molecule has 144 valence electrons. The van der Waals surface area contributed by atoms with Crippen molar-refractivity contribution in [3.63, 3.8) is 0 Å². The molecule has 4 nitrogen and oxygen atoms in total. The highest BCUT2D eigenvalue weighted by Gasteiger charge is 2.17. The van der Waals surface area contributed by atoms with Crippen LogP contribution in [0, 0.1) is 0 Å². The van der Waals surface area contributed by atoms with E-state index in [2.05, 4.69) is 0 Å². The Hall–Kier alpha value is -3.11. The Morgan fingerprint density at radius 1 is 0.821 bits per heavy atom. The van der Waals surface area contributed by atoms with Crippen LogP contribution in [0.2, 0.25) is 0 Å². The first-order valence-electron chi connectivity index (χ1n) is 9.31. The number of esters is 1. The van der Waals surface area contributed by atoms with E-state index in [-0.39, 0.29) is 31.5 Å². The molecule has 1 atom stereocenters. The summed E-state index contributed by atoms with van der Waals surface area (Å²) in [6.45, 7) is 0.563. The molecule has 0 aliphatic heterocycles. The molecule has 0 amide bonds. The van der Waals surface area contributed by atoms with Gasteiger partial charge >= 0.3 is 5.97 Å². The van der Waals surface area contributed by atoms with Gasteiger partial charge in [0.1, 0.15) is 19.0 Å². The van der Waals surface area contributed by atoms with Gasteiger partial charge in [-0.05, 0) is 28.8 Å². The minimum atomic E-state index is -0.335. The van der Waals surface area contributed by atoms with Gasteiger partial charge in [-0.25, -0.2) is 0 Å². The lowest BCUT2D eigenvalue weighted by atomic mass is 9.96. The number of carbonyl (C=O) groups is 1. The largest absolute Gasteiger partial charge is 0.489 e. The van der Waals surface area contributed by atoms with Crippen LogP contribution < -0.4 is 4.74 Å². The molecule has 3 rings (SSSR count). The van der Waals surface area contributed by atoms with Gasteiger partial charge in [0, 0.05) is 5.92 Å². The quantitative estimate of drug-likeness (QED) is 0.560. The molecule has 0 saturated carbocycles. The van der Waals surface area contributed by atoms with Crippen molar-refractivity contribution < 1.29 is 19.4 Å². The van der Waals surface area contributed by atoms with Crippen molar-refractivity contribution in [2.45, 2.75) is 25.6 Å². The fourth-order valence-electron chi connectivity index (χ4n) is 2.89. The molecule has 4 heteroatoms. The van der Waals surface area contributed by atoms with Crippen LogP contribution in [0.15, 0.2) is 84.9 Å². The van der Waals surface area contributed by atoms with Crippen LogP contribution in [0.1, 0.15) is 29.0 Å². The maximum Gasteiger partial charge on any atom is 0.306 e. The summed E-state index contributed by atoms with van der Waals surface area (Å²) in [5.74, 6) is 0.0412. The molecule has 1 N–H and O–H groups in total. The van der Waals surface area contributed by atoms with Gasteiger partial charge in [0.25, 0.3) is 0 Å². The molecule has 3 aromatic carbocycles. The molecule has 28 heavy (non-hydrogen) atoms. The molecule has 0 aliphatic rings. The Morgan fingerprint density at radius 3 is 2.11 bits per heavy atom. The van der Waals surface area contributed by atoms with E-state index in [4.69, 9.17) is 9.47 Å². The van der Waals surface area contributed by atoms with Gasteiger partial charge < -0.3 is 14.6 Å². The summed E-state index contributed by atoms with van der Waals surface area (Å²) in [7, 11) is 0. The summed E-state index contributed by atoms with van der Waals surface area (Å²) in [6, 6.07) is 26.9. The second-order valence-corrected chi connectivity index (χ2v) is 6.58. The van der Waals surface area contributed by atoms with E-state index in [0.29, 0.717) is 12.4 Å². The van der Waals surface area contributed by atoms with E-state index in [9.17, 15) is 9.90 Å². The predicted octanol–water partition coefficient (Wildman–Crippen LogP) is 4.48. The number of carbonyl (C=O) groups excluding carboxylic acids is 1. The van der Waals surface area contributed by atoms with E-state index >= 15 is 0 Å². The van der Waals surface area contributed by atoms with Crippen molar-refractivity contribution in [2.75, 3.05) is 6.61 Å². The molecule has 0 bridgehead atoms. The monoisotopic (exact) mass is 376 g/mol. The number of benzene rings is 3. The van der Waals surface area contributed by atoms with Crippen molar-refractivity contribution in [3.05, 3.63) is 102 Å². The highest BCUT2D eigenvalue weighted by Crippen LogP contribution is 2.24. The van der Waals surface area contributed by atoms with Gasteiger partial charge in [-0.15, -0.1) is 0 Å². The van der Waals surface area contributed by atoms with Crippen molar-refractivity contribution >= 4 is 5.97 Å². The number of aliphatic hydroxyl groups is 1. The van der Waals surface area contributed by atoms with Crippen molar-refractivity contribution in [2.24, 2.45) is 0 Å². The van der Waals surface area contributed by atoms with Gasteiger partial charge in [0.15, 0.2) is 0 Å². The fraction of sp³-hybridized carbons (Fsp3) is 0.208. The molecular weight excluding hydrogens is 352 g/mol. The van der Waals surface area contributed by atoms with Crippen LogP contribution in [0.5, 0.6) is 5.75 Å². The standard InChI is InChI=1S/C24H24O4/c25-16-22(15-24(26)28-18-20-10-5-2-6-11-20)21-12-7-13-23(14-21)27-17-19-8-3-1-4-9-19/h1-14,22,25H,15-18H2. The average Bonchev–Trinajstić information content (AvgIpc) is 2.76. The number of ether oxygens (including phenoxy) is 2. The molecule has 0 aliphatic carbocycles. The van der Waals surface area contributed by atoms with E-state index in [1.54, 1.807) is 0 Å². The molecular formula is C24H24O4. The summed E-state index contributed by atoms with van der Waals surface area (Å²) in [5, 5.41) is 9.76. The fourth-order valence-corrected chi connectivity index (χ4v) is 2.89. The molecule has 0 heterocycles. The topological polar surface area (TPSA) is 55.8 Å². The molecule has 0 spiro atoms. The lowest BCUT2D eigenvalue weighted by Gasteiger charge is -2.15. The van der Waals surface area contributed by atoms with E-state index < -0.39 is 0 Å². The normalized spacial score (nSPS) is 11.6. The van der Waals surface area contributed by atoms with Crippen LogP contribution in [-0.4, -0.2) is 17.7 Å². The number of aliphatic hydroxyl groups excluding tert-OH is 1. The third-order valence-corrected chi connectivity index (χ3v) is 4.45. The van der Waals surface area contributed by atoms with Crippen LogP contribution in [-0.2, 0) is 22.7 Å². The van der Waals surface area contributed by atoms with Gasteiger partial charge in [0.05, 0.1) is 13.0 Å². The smallest absolute Gasteiger partial charge is 0.306 e. The Kier molecular flexibility index (Phi) is 7.21. The first-order chi connectivity index (χ1) is 13.7. The molecule has 0 aromatic heterocycles. The van der Waals surface area contributed by atoms with E-state index in [0.717, 1.165) is 16.7 Å². The maximum absolute atomic E-state index is 12.2. The molecule has 0 radical (unpaired) electrons.